The lowest BCUT2D eigenvalue weighted by atomic mass is 10.1. The fraction of sp³-hybridized carbons (Fsp3) is 0.286. The largest absolute Gasteiger partial charge is 0.472 e. The molecule has 0 radical (unpaired) electrons. The smallest absolute Gasteiger partial charge is 0.216 e. The molecule has 2 rings (SSSR count). The number of rotatable bonds is 6. The highest BCUT2D eigenvalue weighted by molar-refractivity contribution is 7.88. The molecular formula is C14H16ClNO3S. The normalized spacial score (nSPS) is 13.3. The number of nitrogens with one attached hydrogen (secondary N) is 1. The fourth-order valence-electron chi connectivity index (χ4n) is 1.97. The van der Waals surface area contributed by atoms with Crippen LogP contribution in [-0.2, 0) is 22.2 Å². The first kappa shape index (κ1) is 15.1. The first-order chi connectivity index (χ1) is 9.46. The molecule has 0 aliphatic heterocycles. The zero-order chi connectivity index (χ0) is 14.6. The van der Waals surface area contributed by atoms with E-state index in [0.29, 0.717) is 17.0 Å². The Morgan fingerprint density at radius 2 is 2.05 bits per heavy atom. The van der Waals surface area contributed by atoms with E-state index in [0.717, 1.165) is 5.56 Å². The highest BCUT2D eigenvalue weighted by atomic mass is 35.5. The Balaban J connectivity index is 1.99. The number of sulfonamides is 1. The van der Waals surface area contributed by atoms with E-state index in [2.05, 4.69) is 4.72 Å². The molecule has 1 atom stereocenters. The lowest BCUT2D eigenvalue weighted by Crippen LogP contribution is -2.34. The lowest BCUT2D eigenvalue weighted by Gasteiger charge is -2.13. The van der Waals surface area contributed by atoms with Gasteiger partial charge in [-0.15, -0.1) is 0 Å². The number of furan rings is 1. The zero-order valence-electron chi connectivity index (χ0n) is 11.0. The summed E-state index contributed by atoms with van der Waals surface area (Å²) in [5, 5.41) is 0.459. The third kappa shape index (κ3) is 4.37. The molecule has 1 aromatic carbocycles. The summed E-state index contributed by atoms with van der Waals surface area (Å²) in [5.74, 6) is -0.123. The molecule has 1 unspecified atom stereocenters. The second-order valence-electron chi connectivity index (χ2n) is 4.71. The van der Waals surface area contributed by atoms with Gasteiger partial charge in [0.1, 0.15) is 0 Å². The highest BCUT2D eigenvalue weighted by Crippen LogP contribution is 2.17. The maximum Gasteiger partial charge on any atom is 0.216 e. The van der Waals surface area contributed by atoms with Gasteiger partial charge in [0.15, 0.2) is 0 Å². The van der Waals surface area contributed by atoms with Gasteiger partial charge in [0.05, 0.1) is 18.3 Å². The fourth-order valence-corrected chi connectivity index (χ4v) is 3.70. The molecule has 2 aromatic rings. The molecule has 0 bridgehead atoms. The molecule has 1 N–H and O–H groups in total. The number of benzene rings is 1. The number of halogens is 1. The van der Waals surface area contributed by atoms with Crippen LogP contribution >= 0.6 is 11.6 Å². The van der Waals surface area contributed by atoms with Crippen molar-refractivity contribution in [1.82, 2.24) is 4.72 Å². The van der Waals surface area contributed by atoms with Crippen LogP contribution in [0.4, 0.5) is 0 Å². The summed E-state index contributed by atoms with van der Waals surface area (Å²) in [7, 11) is -3.42. The van der Waals surface area contributed by atoms with Crippen molar-refractivity contribution in [1.29, 1.82) is 0 Å². The van der Waals surface area contributed by atoms with E-state index in [1.807, 2.05) is 13.0 Å². The van der Waals surface area contributed by atoms with Gasteiger partial charge in [0, 0.05) is 11.1 Å². The maximum atomic E-state index is 12.1. The standard InChI is InChI=1S/C14H16ClNO3S/c1-11(8-12-6-7-19-9-12)16-20(17,18)10-13-4-2-3-5-14(13)15/h2-7,9,11,16H,8,10H2,1H3. The predicted octanol–water partition coefficient (Wildman–Crippen LogP) is 2.98. The minimum atomic E-state index is -3.42. The van der Waals surface area contributed by atoms with Crippen molar-refractivity contribution in [3.63, 3.8) is 0 Å². The van der Waals surface area contributed by atoms with E-state index < -0.39 is 10.0 Å². The Labute approximate surface area is 123 Å². The van der Waals surface area contributed by atoms with Gasteiger partial charge in [-0.3, -0.25) is 0 Å². The van der Waals surface area contributed by atoms with Crippen molar-refractivity contribution in [2.45, 2.75) is 25.1 Å². The van der Waals surface area contributed by atoms with E-state index in [1.165, 1.54) is 0 Å². The van der Waals surface area contributed by atoms with Crippen LogP contribution in [0.25, 0.3) is 0 Å². The first-order valence-electron chi connectivity index (χ1n) is 6.21. The molecule has 1 aromatic heterocycles. The summed E-state index contributed by atoms with van der Waals surface area (Å²) in [5.41, 5.74) is 1.55. The number of hydrogen-bond acceptors (Lipinski definition) is 3. The SMILES string of the molecule is CC(Cc1ccoc1)NS(=O)(=O)Cc1ccccc1Cl. The molecule has 108 valence electrons. The number of hydrogen-bond donors (Lipinski definition) is 1. The summed E-state index contributed by atoms with van der Waals surface area (Å²) >= 11 is 5.98. The molecule has 0 saturated heterocycles. The molecule has 0 fully saturated rings. The molecule has 6 heteroatoms. The summed E-state index contributed by atoms with van der Waals surface area (Å²) in [6.45, 7) is 1.82. The van der Waals surface area contributed by atoms with Crippen LogP contribution in [0.15, 0.2) is 47.3 Å². The first-order valence-corrected chi connectivity index (χ1v) is 8.24. The summed E-state index contributed by atoms with van der Waals surface area (Å²) in [6, 6.07) is 8.54. The third-order valence-corrected chi connectivity index (χ3v) is 4.63. The minimum absolute atomic E-state index is 0.123. The van der Waals surface area contributed by atoms with Gasteiger partial charge in [0.2, 0.25) is 10.0 Å². The average molecular weight is 314 g/mol. The van der Waals surface area contributed by atoms with Gasteiger partial charge in [-0.05, 0) is 36.6 Å². The Kier molecular flexibility index (Phi) is 4.86. The van der Waals surface area contributed by atoms with Crippen molar-refractivity contribution in [3.8, 4) is 0 Å². The van der Waals surface area contributed by atoms with Crippen LogP contribution < -0.4 is 4.72 Å². The van der Waals surface area contributed by atoms with Crippen LogP contribution in [0.1, 0.15) is 18.1 Å². The van der Waals surface area contributed by atoms with Gasteiger partial charge in [0.25, 0.3) is 0 Å². The molecule has 0 saturated carbocycles. The van der Waals surface area contributed by atoms with E-state index in [-0.39, 0.29) is 11.8 Å². The highest BCUT2D eigenvalue weighted by Gasteiger charge is 2.17. The lowest BCUT2D eigenvalue weighted by molar-refractivity contribution is 0.548. The Bertz CT molecular complexity index is 653. The van der Waals surface area contributed by atoms with Crippen molar-refractivity contribution >= 4 is 21.6 Å². The van der Waals surface area contributed by atoms with Gasteiger partial charge >= 0.3 is 0 Å². The second kappa shape index (κ2) is 6.43. The Morgan fingerprint density at radius 3 is 2.70 bits per heavy atom. The summed E-state index contributed by atoms with van der Waals surface area (Å²) < 4.78 is 31.8. The van der Waals surface area contributed by atoms with E-state index in [4.69, 9.17) is 16.0 Å². The van der Waals surface area contributed by atoms with Gasteiger partial charge < -0.3 is 4.42 Å². The second-order valence-corrected chi connectivity index (χ2v) is 6.87. The average Bonchev–Trinajstić information content (AvgIpc) is 2.83. The van der Waals surface area contributed by atoms with Crippen LogP contribution in [0.2, 0.25) is 5.02 Å². The molecule has 0 aliphatic carbocycles. The van der Waals surface area contributed by atoms with Gasteiger partial charge in [-0.2, -0.15) is 0 Å². The quantitative estimate of drug-likeness (QED) is 0.892. The van der Waals surface area contributed by atoms with Crippen LogP contribution in [0.3, 0.4) is 0 Å². The van der Waals surface area contributed by atoms with E-state index in [9.17, 15) is 8.42 Å². The topological polar surface area (TPSA) is 59.3 Å². The molecule has 0 spiro atoms. The van der Waals surface area contributed by atoms with Crippen molar-refractivity contribution < 1.29 is 12.8 Å². The van der Waals surface area contributed by atoms with Crippen molar-refractivity contribution in [3.05, 3.63) is 59.0 Å². The zero-order valence-corrected chi connectivity index (χ0v) is 12.6. The van der Waals surface area contributed by atoms with Gasteiger partial charge in [-0.25, -0.2) is 13.1 Å². The molecule has 0 amide bonds. The third-order valence-electron chi connectivity index (χ3n) is 2.81. The molecule has 20 heavy (non-hydrogen) atoms. The van der Waals surface area contributed by atoms with Gasteiger partial charge in [-0.1, -0.05) is 29.8 Å². The molecule has 0 aliphatic rings. The molecule has 4 nitrogen and oxygen atoms in total. The van der Waals surface area contributed by atoms with Crippen molar-refractivity contribution in [2.75, 3.05) is 0 Å². The molecular weight excluding hydrogens is 298 g/mol. The van der Waals surface area contributed by atoms with Crippen LogP contribution in [0.5, 0.6) is 0 Å². The minimum Gasteiger partial charge on any atom is -0.472 e. The maximum absolute atomic E-state index is 12.1. The van der Waals surface area contributed by atoms with E-state index >= 15 is 0 Å². The van der Waals surface area contributed by atoms with Crippen molar-refractivity contribution in [2.24, 2.45) is 0 Å². The van der Waals surface area contributed by atoms with E-state index in [1.54, 1.807) is 36.8 Å². The Hall–Kier alpha value is -1.30. The summed E-state index contributed by atoms with van der Waals surface area (Å²) in [4.78, 5) is 0. The predicted molar refractivity (Wildman–Crippen MR) is 79.1 cm³/mol. The summed E-state index contributed by atoms with van der Waals surface area (Å²) in [6.07, 6.45) is 3.76. The molecule has 1 heterocycles. The Morgan fingerprint density at radius 1 is 1.30 bits per heavy atom. The monoisotopic (exact) mass is 313 g/mol. The van der Waals surface area contributed by atoms with Crippen LogP contribution in [0, 0.1) is 0 Å². The van der Waals surface area contributed by atoms with Crippen LogP contribution in [-0.4, -0.2) is 14.5 Å².